The molecular weight excluding hydrogens is 469 g/mol. The van der Waals surface area contributed by atoms with Gasteiger partial charge >= 0.3 is 6.18 Å². The minimum Gasteiger partial charge on any atom is -0.497 e. The van der Waals surface area contributed by atoms with Gasteiger partial charge in [0.15, 0.2) is 10.6 Å². The molecule has 0 bridgehead atoms. The summed E-state index contributed by atoms with van der Waals surface area (Å²) in [5.74, 6) is 0.440. The highest BCUT2D eigenvalue weighted by Gasteiger charge is 2.60. The van der Waals surface area contributed by atoms with Crippen LogP contribution >= 0.6 is 11.8 Å². The molecule has 0 aliphatic carbocycles. The Balaban J connectivity index is 1.56. The van der Waals surface area contributed by atoms with Crippen molar-refractivity contribution in [2.45, 2.75) is 17.6 Å². The highest BCUT2D eigenvalue weighted by molar-refractivity contribution is 8.01. The van der Waals surface area contributed by atoms with Gasteiger partial charge in [0.05, 0.1) is 31.2 Å². The Hall–Kier alpha value is -3.40. The Bertz CT molecular complexity index is 1240. The summed E-state index contributed by atoms with van der Waals surface area (Å²) in [5.41, 5.74) is 0.961. The summed E-state index contributed by atoms with van der Waals surface area (Å²) in [6.07, 6.45) is -3.05. The average molecular weight is 488 g/mol. The van der Waals surface area contributed by atoms with E-state index in [0.717, 1.165) is 12.1 Å². The minimum atomic E-state index is -4.44. The molecule has 1 aromatic heterocycles. The molecule has 5 rings (SSSR count). The normalized spacial score (nSPS) is 19.7. The van der Waals surface area contributed by atoms with Crippen LogP contribution in [0.2, 0.25) is 0 Å². The summed E-state index contributed by atoms with van der Waals surface area (Å²) >= 11 is 1.34. The fourth-order valence-corrected chi connectivity index (χ4v) is 5.85. The second-order valence-electron chi connectivity index (χ2n) is 7.90. The molecule has 2 amide bonds. The number of hydrogen-bond acceptors (Lipinski definition) is 5. The quantitative estimate of drug-likeness (QED) is 0.523. The maximum Gasteiger partial charge on any atom is 0.416 e. The molecule has 3 heterocycles. The molecule has 0 N–H and O–H groups in total. The first-order chi connectivity index (χ1) is 16.3. The van der Waals surface area contributed by atoms with Gasteiger partial charge in [-0.15, -0.1) is 11.8 Å². The van der Waals surface area contributed by atoms with Gasteiger partial charge in [0.1, 0.15) is 5.75 Å². The van der Waals surface area contributed by atoms with E-state index in [0.29, 0.717) is 34.9 Å². The summed E-state index contributed by atoms with van der Waals surface area (Å²) < 4.78 is 49.6. The van der Waals surface area contributed by atoms with E-state index >= 15 is 0 Å². The third kappa shape index (κ3) is 3.44. The lowest BCUT2D eigenvalue weighted by molar-refractivity contribution is -0.137. The van der Waals surface area contributed by atoms with E-state index in [9.17, 15) is 22.8 Å². The Morgan fingerprint density at radius 2 is 1.94 bits per heavy atom. The minimum absolute atomic E-state index is 0.0569. The standard InChI is InChI=1S/C24H19F3N2O4S/c1-32-17-8-9-19-18(13-17)23(29(10-12-34-23)21(30)20-3-2-11-33-20)22(31)28(19)14-15-4-6-16(7-5-15)24(25,26)27/h2-9,11,13H,10,12,14H2,1H3/t23-/m0/s1. The number of amides is 2. The fraction of sp³-hybridized carbons (Fsp3) is 0.250. The molecule has 2 aliphatic heterocycles. The predicted molar refractivity (Wildman–Crippen MR) is 120 cm³/mol. The van der Waals surface area contributed by atoms with E-state index in [1.165, 1.54) is 47.1 Å². The molecule has 1 saturated heterocycles. The van der Waals surface area contributed by atoms with Crippen LogP contribution in [-0.4, -0.2) is 36.1 Å². The Labute approximate surface area is 197 Å². The SMILES string of the molecule is COc1ccc2c(c1)[C@]1(SCCN1C(=O)c1ccco1)C(=O)N2Cc1ccc(C(F)(F)F)cc1. The highest BCUT2D eigenvalue weighted by Crippen LogP contribution is 2.55. The van der Waals surface area contributed by atoms with Crippen molar-refractivity contribution in [3.05, 3.63) is 83.3 Å². The second-order valence-corrected chi connectivity index (χ2v) is 9.18. The van der Waals surface area contributed by atoms with Crippen molar-refractivity contribution in [1.29, 1.82) is 0 Å². The molecule has 0 saturated carbocycles. The Kier molecular flexibility index (Phi) is 5.35. The molecule has 2 aliphatic rings. The van der Waals surface area contributed by atoms with Crippen LogP contribution in [0.3, 0.4) is 0 Å². The summed E-state index contributed by atoms with van der Waals surface area (Å²) in [4.78, 5) is 28.9. The van der Waals surface area contributed by atoms with Crippen molar-refractivity contribution in [2.75, 3.05) is 24.3 Å². The molecule has 0 unspecified atom stereocenters. The number of halogens is 3. The first-order valence-corrected chi connectivity index (χ1v) is 11.4. The van der Waals surface area contributed by atoms with Crippen LogP contribution in [0.25, 0.3) is 0 Å². The number of thioether (sulfide) groups is 1. The van der Waals surface area contributed by atoms with Gasteiger partial charge in [0, 0.05) is 17.9 Å². The number of fused-ring (bicyclic) bond motifs is 2. The van der Waals surface area contributed by atoms with Gasteiger partial charge in [-0.3, -0.25) is 9.59 Å². The summed E-state index contributed by atoms with van der Waals surface area (Å²) in [6, 6.07) is 13.0. The number of furan rings is 1. The Morgan fingerprint density at radius 1 is 1.18 bits per heavy atom. The van der Waals surface area contributed by atoms with Crippen LogP contribution in [0.1, 0.15) is 27.2 Å². The van der Waals surface area contributed by atoms with Crippen LogP contribution in [0.5, 0.6) is 5.75 Å². The molecule has 6 nitrogen and oxygen atoms in total. The van der Waals surface area contributed by atoms with Crippen LogP contribution in [-0.2, 0) is 22.4 Å². The maximum atomic E-state index is 14.0. The number of benzene rings is 2. The Morgan fingerprint density at radius 3 is 2.59 bits per heavy atom. The fourth-order valence-electron chi connectivity index (χ4n) is 4.39. The molecule has 0 radical (unpaired) electrons. The third-order valence-electron chi connectivity index (χ3n) is 6.00. The number of rotatable bonds is 4. The van der Waals surface area contributed by atoms with Crippen molar-refractivity contribution < 1.29 is 31.9 Å². The van der Waals surface area contributed by atoms with Crippen LogP contribution in [0.4, 0.5) is 18.9 Å². The predicted octanol–water partition coefficient (Wildman–Crippen LogP) is 4.90. The number of methoxy groups -OCH3 is 1. The van der Waals surface area contributed by atoms with Gasteiger partial charge in [-0.05, 0) is 48.0 Å². The van der Waals surface area contributed by atoms with Crippen LogP contribution in [0, 0.1) is 0 Å². The molecule has 1 atom stereocenters. The summed E-state index contributed by atoms with van der Waals surface area (Å²) in [7, 11) is 1.51. The van der Waals surface area contributed by atoms with Crippen LogP contribution in [0.15, 0.2) is 65.3 Å². The molecule has 2 aromatic carbocycles. The van der Waals surface area contributed by atoms with Crippen molar-refractivity contribution in [3.8, 4) is 5.75 Å². The first-order valence-electron chi connectivity index (χ1n) is 10.4. The van der Waals surface area contributed by atoms with Crippen molar-refractivity contribution in [3.63, 3.8) is 0 Å². The zero-order valence-electron chi connectivity index (χ0n) is 18.0. The summed E-state index contributed by atoms with van der Waals surface area (Å²) in [6.45, 7) is 0.391. The van der Waals surface area contributed by atoms with Crippen molar-refractivity contribution >= 4 is 29.3 Å². The molecular formula is C24H19F3N2O4S. The van der Waals surface area contributed by atoms with Crippen molar-refractivity contribution in [1.82, 2.24) is 4.90 Å². The second kappa shape index (κ2) is 8.12. The maximum absolute atomic E-state index is 14.0. The van der Waals surface area contributed by atoms with E-state index in [-0.39, 0.29) is 18.2 Å². The topological polar surface area (TPSA) is 63.0 Å². The van der Waals surface area contributed by atoms with Gasteiger partial charge in [0.2, 0.25) is 0 Å². The first kappa shape index (κ1) is 22.4. The van der Waals surface area contributed by atoms with Gasteiger partial charge in [-0.25, -0.2) is 0 Å². The molecule has 1 fully saturated rings. The average Bonchev–Trinajstić information content (AvgIpc) is 3.56. The number of nitrogens with zero attached hydrogens (tertiary/aromatic N) is 2. The number of carbonyl (C=O) groups is 2. The number of alkyl halides is 3. The van der Waals surface area contributed by atoms with Gasteiger partial charge in [-0.2, -0.15) is 13.2 Å². The van der Waals surface area contributed by atoms with E-state index in [1.807, 2.05) is 0 Å². The molecule has 10 heteroatoms. The lowest BCUT2D eigenvalue weighted by Crippen LogP contribution is -2.50. The van der Waals surface area contributed by atoms with Crippen molar-refractivity contribution in [2.24, 2.45) is 0 Å². The molecule has 3 aromatic rings. The smallest absolute Gasteiger partial charge is 0.416 e. The van der Waals surface area contributed by atoms with Gasteiger partial charge in [0.25, 0.3) is 11.8 Å². The van der Waals surface area contributed by atoms with E-state index in [4.69, 9.17) is 9.15 Å². The monoisotopic (exact) mass is 488 g/mol. The summed E-state index contributed by atoms with van der Waals surface area (Å²) in [5, 5.41) is 0. The highest BCUT2D eigenvalue weighted by atomic mass is 32.2. The molecule has 34 heavy (non-hydrogen) atoms. The molecule has 1 spiro atoms. The number of carbonyl (C=O) groups excluding carboxylic acids is 2. The lowest BCUT2D eigenvalue weighted by Gasteiger charge is -2.32. The third-order valence-corrected chi connectivity index (χ3v) is 7.42. The largest absolute Gasteiger partial charge is 0.497 e. The zero-order chi connectivity index (χ0) is 24.1. The van der Waals surface area contributed by atoms with Crippen LogP contribution < -0.4 is 9.64 Å². The molecule has 176 valence electrons. The van der Waals surface area contributed by atoms with E-state index in [1.54, 1.807) is 30.3 Å². The number of hydrogen-bond donors (Lipinski definition) is 0. The van der Waals surface area contributed by atoms with E-state index in [2.05, 4.69) is 0 Å². The zero-order valence-corrected chi connectivity index (χ0v) is 18.8. The number of ether oxygens (including phenoxy) is 1. The number of anilines is 1. The van der Waals surface area contributed by atoms with E-state index < -0.39 is 22.5 Å². The van der Waals surface area contributed by atoms with Gasteiger partial charge < -0.3 is 19.0 Å². The lowest BCUT2D eigenvalue weighted by atomic mass is 10.0. The van der Waals surface area contributed by atoms with Gasteiger partial charge in [-0.1, -0.05) is 12.1 Å².